The molecule has 0 saturated heterocycles. The lowest BCUT2D eigenvalue weighted by Gasteiger charge is -2.20. The van der Waals surface area contributed by atoms with Crippen LogP contribution >= 0.6 is 23.5 Å². The zero-order valence-electron chi connectivity index (χ0n) is 13.9. The topological polar surface area (TPSA) is 37.4 Å². The molecule has 0 atom stereocenters. The van der Waals surface area contributed by atoms with Gasteiger partial charge in [-0.3, -0.25) is 14.5 Å². The van der Waals surface area contributed by atoms with Crippen LogP contribution in [-0.4, -0.2) is 34.3 Å². The van der Waals surface area contributed by atoms with Crippen molar-refractivity contribution in [3.8, 4) is 0 Å². The minimum Gasteiger partial charge on any atom is -0.271 e. The van der Waals surface area contributed by atoms with E-state index < -0.39 is 0 Å². The minimum atomic E-state index is -0.0990. The molecule has 0 aromatic heterocycles. The summed E-state index contributed by atoms with van der Waals surface area (Å²) < 4.78 is 0. The molecule has 0 spiro atoms. The molecule has 3 nitrogen and oxygen atoms in total. The highest BCUT2D eigenvalue weighted by atomic mass is 32.2. The molecule has 1 fully saturated rings. The van der Waals surface area contributed by atoms with Crippen molar-refractivity contribution in [2.24, 2.45) is 0 Å². The second-order valence-corrected chi connectivity index (χ2v) is 8.50. The van der Waals surface area contributed by atoms with Gasteiger partial charge in [-0.05, 0) is 32.9 Å². The van der Waals surface area contributed by atoms with E-state index in [2.05, 4.69) is 0 Å². The van der Waals surface area contributed by atoms with E-state index >= 15 is 0 Å². The van der Waals surface area contributed by atoms with Crippen LogP contribution in [0.15, 0.2) is 9.81 Å². The second kappa shape index (κ2) is 8.44. The van der Waals surface area contributed by atoms with Gasteiger partial charge >= 0.3 is 0 Å². The molecule has 22 heavy (non-hydrogen) atoms. The molecule has 0 aromatic rings. The fraction of sp³-hybridized carbons (Fsp3) is 0.765. The monoisotopic (exact) mass is 341 g/mol. The Kier molecular flexibility index (Phi) is 6.87. The Balaban J connectivity index is 2.12. The van der Waals surface area contributed by atoms with Crippen molar-refractivity contribution in [3.63, 3.8) is 0 Å². The average Bonchev–Trinajstić information content (AvgIpc) is 2.78. The van der Waals surface area contributed by atoms with Crippen molar-refractivity contribution >= 4 is 35.3 Å². The molecule has 2 aliphatic rings. The zero-order chi connectivity index (χ0) is 16.1. The van der Waals surface area contributed by atoms with Crippen LogP contribution in [0, 0.1) is 0 Å². The van der Waals surface area contributed by atoms with Crippen LogP contribution in [0.4, 0.5) is 0 Å². The summed E-state index contributed by atoms with van der Waals surface area (Å²) in [6.45, 7) is 3.81. The molecule has 1 aliphatic heterocycles. The van der Waals surface area contributed by atoms with Crippen molar-refractivity contribution in [3.05, 3.63) is 9.81 Å². The van der Waals surface area contributed by atoms with Crippen molar-refractivity contribution in [1.29, 1.82) is 0 Å². The summed E-state index contributed by atoms with van der Waals surface area (Å²) in [5.41, 5.74) is 0. The first-order valence-corrected chi connectivity index (χ1v) is 10.5. The molecule has 0 N–H and O–H groups in total. The number of hydrogen-bond acceptors (Lipinski definition) is 4. The molecule has 124 valence electrons. The standard InChI is InChI=1S/C17H27NO2S2/c1-12(2)18-16(19)14(21-3)15(17(18)20)22-13-10-8-6-4-5-7-9-11-13/h12-13H,4-11H2,1-3H3. The Morgan fingerprint density at radius 1 is 0.909 bits per heavy atom. The minimum absolute atomic E-state index is 0.0687. The van der Waals surface area contributed by atoms with Crippen molar-refractivity contribution < 1.29 is 9.59 Å². The van der Waals surface area contributed by atoms with Crippen LogP contribution < -0.4 is 0 Å². The first-order chi connectivity index (χ1) is 10.6. The lowest BCUT2D eigenvalue weighted by molar-refractivity contribution is -0.138. The van der Waals surface area contributed by atoms with E-state index in [0.29, 0.717) is 15.1 Å². The third-order valence-electron chi connectivity index (χ3n) is 4.34. The molecule has 0 aromatic carbocycles. The number of carbonyl (C=O) groups is 2. The molecule has 0 bridgehead atoms. The Morgan fingerprint density at radius 2 is 1.41 bits per heavy atom. The lowest BCUT2D eigenvalue weighted by atomic mass is 10.1. The highest BCUT2D eigenvalue weighted by molar-refractivity contribution is 8.08. The summed E-state index contributed by atoms with van der Waals surface area (Å²) in [4.78, 5) is 27.8. The normalized spacial score (nSPS) is 22.3. The lowest BCUT2D eigenvalue weighted by Crippen LogP contribution is -2.37. The van der Waals surface area contributed by atoms with Gasteiger partial charge in [-0.2, -0.15) is 0 Å². The van der Waals surface area contributed by atoms with E-state index in [1.165, 1.54) is 68.0 Å². The summed E-state index contributed by atoms with van der Waals surface area (Å²) in [6, 6.07) is -0.0687. The highest BCUT2D eigenvalue weighted by Crippen LogP contribution is 2.40. The van der Waals surface area contributed by atoms with Crippen LogP contribution in [0.1, 0.15) is 65.2 Å². The van der Waals surface area contributed by atoms with E-state index in [1.54, 1.807) is 11.8 Å². The van der Waals surface area contributed by atoms with Crippen LogP contribution in [0.2, 0.25) is 0 Å². The van der Waals surface area contributed by atoms with Crippen LogP contribution in [0.25, 0.3) is 0 Å². The maximum atomic E-state index is 12.6. The van der Waals surface area contributed by atoms with Gasteiger partial charge in [0.1, 0.15) is 0 Å². The Morgan fingerprint density at radius 3 is 1.91 bits per heavy atom. The molecular weight excluding hydrogens is 314 g/mol. The number of rotatable bonds is 4. The third-order valence-corrected chi connectivity index (χ3v) is 6.67. The van der Waals surface area contributed by atoms with E-state index in [-0.39, 0.29) is 17.9 Å². The zero-order valence-corrected chi connectivity index (χ0v) is 15.5. The maximum absolute atomic E-state index is 12.6. The van der Waals surface area contributed by atoms with Gasteiger partial charge in [0.05, 0.1) is 9.81 Å². The number of amides is 2. The Hall–Kier alpha value is -0.420. The van der Waals surface area contributed by atoms with E-state index in [4.69, 9.17) is 0 Å². The second-order valence-electron chi connectivity index (χ2n) is 6.37. The molecule has 2 rings (SSSR count). The Labute approximate surface area is 142 Å². The van der Waals surface area contributed by atoms with Crippen molar-refractivity contribution in [1.82, 2.24) is 4.90 Å². The maximum Gasteiger partial charge on any atom is 0.268 e. The van der Waals surface area contributed by atoms with Gasteiger partial charge in [0.25, 0.3) is 11.8 Å². The van der Waals surface area contributed by atoms with Gasteiger partial charge in [-0.15, -0.1) is 23.5 Å². The first-order valence-electron chi connectivity index (χ1n) is 8.39. The van der Waals surface area contributed by atoms with Gasteiger partial charge in [-0.1, -0.05) is 38.5 Å². The first kappa shape index (κ1) is 17.9. The molecule has 1 aliphatic carbocycles. The van der Waals surface area contributed by atoms with E-state index in [0.717, 1.165) is 0 Å². The average molecular weight is 342 g/mol. The summed E-state index contributed by atoms with van der Waals surface area (Å²) in [5, 5.41) is 0.485. The molecular formula is C17H27NO2S2. The van der Waals surface area contributed by atoms with Gasteiger partial charge in [0.15, 0.2) is 0 Å². The van der Waals surface area contributed by atoms with Gasteiger partial charge in [-0.25, -0.2) is 0 Å². The summed E-state index contributed by atoms with van der Waals surface area (Å²) in [7, 11) is 0. The van der Waals surface area contributed by atoms with Gasteiger partial charge in [0.2, 0.25) is 0 Å². The number of imide groups is 1. The number of carbonyl (C=O) groups excluding carboxylic acids is 2. The SMILES string of the molecule is CSC1=C(SC2CCCCCCCC2)C(=O)N(C(C)C)C1=O. The Bertz CT molecular complexity index is 450. The largest absolute Gasteiger partial charge is 0.271 e. The van der Waals surface area contributed by atoms with Crippen LogP contribution in [0.3, 0.4) is 0 Å². The smallest absolute Gasteiger partial charge is 0.268 e. The molecule has 1 heterocycles. The van der Waals surface area contributed by atoms with Gasteiger partial charge < -0.3 is 0 Å². The summed E-state index contributed by atoms with van der Waals surface area (Å²) >= 11 is 3.09. The predicted octanol–water partition coefficient (Wildman–Crippen LogP) is 4.57. The van der Waals surface area contributed by atoms with Gasteiger partial charge in [0, 0.05) is 11.3 Å². The number of nitrogens with zero attached hydrogens (tertiary/aromatic N) is 1. The number of thioether (sulfide) groups is 2. The summed E-state index contributed by atoms with van der Waals surface area (Å²) in [6.07, 6.45) is 12.0. The van der Waals surface area contributed by atoms with E-state index in [1.807, 2.05) is 20.1 Å². The predicted molar refractivity (Wildman–Crippen MR) is 95.8 cm³/mol. The summed E-state index contributed by atoms with van der Waals surface area (Å²) in [5.74, 6) is -0.174. The fourth-order valence-electron chi connectivity index (χ4n) is 3.14. The fourth-order valence-corrected chi connectivity index (χ4v) is 5.37. The number of hydrogen-bond donors (Lipinski definition) is 0. The third kappa shape index (κ3) is 4.10. The molecule has 1 saturated carbocycles. The van der Waals surface area contributed by atoms with Crippen molar-refractivity contribution in [2.75, 3.05) is 6.26 Å². The highest BCUT2D eigenvalue weighted by Gasteiger charge is 2.40. The molecule has 5 heteroatoms. The quantitative estimate of drug-likeness (QED) is 0.702. The molecule has 0 radical (unpaired) electrons. The molecule has 0 unspecified atom stereocenters. The van der Waals surface area contributed by atoms with E-state index in [9.17, 15) is 9.59 Å². The van der Waals surface area contributed by atoms with Crippen molar-refractivity contribution in [2.45, 2.75) is 76.5 Å². The van der Waals surface area contributed by atoms with Crippen LogP contribution in [-0.2, 0) is 9.59 Å². The van der Waals surface area contributed by atoms with Crippen LogP contribution in [0.5, 0.6) is 0 Å². The molecule has 2 amide bonds.